The number of carbonyl (C=O) groups is 2. The van der Waals surface area contributed by atoms with Gasteiger partial charge in [0.2, 0.25) is 0 Å². The molecule has 3 rings (SSSR count). The summed E-state index contributed by atoms with van der Waals surface area (Å²) >= 11 is 0. The summed E-state index contributed by atoms with van der Waals surface area (Å²) in [7, 11) is 1.58. The van der Waals surface area contributed by atoms with Gasteiger partial charge in [-0.25, -0.2) is 9.18 Å². The Balaban J connectivity index is 1.90. The van der Waals surface area contributed by atoms with Crippen LogP contribution in [0.4, 0.5) is 9.18 Å². The highest BCUT2D eigenvalue weighted by atomic mass is 19.1. The van der Waals surface area contributed by atoms with Gasteiger partial charge in [0.15, 0.2) is 11.7 Å². The number of esters is 1. The largest absolute Gasteiger partial charge is 0.508 e. The first kappa shape index (κ1) is 18.6. The molecule has 26 heavy (non-hydrogen) atoms. The third-order valence-electron chi connectivity index (χ3n) is 4.92. The standard InChI is InChI=1S/C18H22FNO6/c1-3-24-17(22)25-15-14(12-4-6-13(19)7-5-12)16(21)26-18(15)8-10-20(23-2)11-9-18/h4-7,14-15H,3,8-11H2,1-2H3. The highest BCUT2D eigenvalue weighted by molar-refractivity contribution is 5.83. The van der Waals surface area contributed by atoms with Crippen LogP contribution in [-0.4, -0.2) is 55.7 Å². The number of piperidine rings is 1. The fourth-order valence-electron chi connectivity index (χ4n) is 3.60. The molecule has 7 nitrogen and oxygen atoms in total. The molecule has 0 aliphatic carbocycles. The molecule has 0 bridgehead atoms. The molecule has 0 aromatic heterocycles. The van der Waals surface area contributed by atoms with Crippen LogP contribution in [0, 0.1) is 5.82 Å². The van der Waals surface area contributed by atoms with Crippen molar-refractivity contribution in [1.29, 1.82) is 0 Å². The van der Waals surface area contributed by atoms with Crippen molar-refractivity contribution in [2.75, 3.05) is 26.8 Å². The van der Waals surface area contributed by atoms with Crippen LogP contribution >= 0.6 is 0 Å². The molecule has 0 amide bonds. The molecule has 0 saturated carbocycles. The minimum Gasteiger partial charge on any atom is -0.454 e. The van der Waals surface area contributed by atoms with Gasteiger partial charge in [-0.3, -0.25) is 4.79 Å². The number of ether oxygens (including phenoxy) is 3. The van der Waals surface area contributed by atoms with Crippen molar-refractivity contribution in [1.82, 2.24) is 5.06 Å². The summed E-state index contributed by atoms with van der Waals surface area (Å²) in [6, 6.07) is 5.54. The third-order valence-corrected chi connectivity index (χ3v) is 4.92. The van der Waals surface area contributed by atoms with Crippen LogP contribution in [0.25, 0.3) is 0 Å². The second-order valence-electron chi connectivity index (χ2n) is 6.35. The first-order valence-electron chi connectivity index (χ1n) is 8.60. The zero-order chi connectivity index (χ0) is 18.7. The molecule has 2 aliphatic rings. The molecule has 1 aromatic carbocycles. The van der Waals surface area contributed by atoms with Gasteiger partial charge < -0.3 is 19.0 Å². The monoisotopic (exact) mass is 367 g/mol. The van der Waals surface area contributed by atoms with Crippen LogP contribution in [0.15, 0.2) is 24.3 Å². The van der Waals surface area contributed by atoms with E-state index in [0.29, 0.717) is 31.5 Å². The Labute approximate surface area is 150 Å². The maximum Gasteiger partial charge on any atom is 0.508 e. The highest BCUT2D eigenvalue weighted by Crippen LogP contribution is 2.46. The van der Waals surface area contributed by atoms with Gasteiger partial charge in [0.05, 0.1) is 13.7 Å². The Kier molecular flexibility index (Phi) is 5.43. The van der Waals surface area contributed by atoms with Crippen molar-refractivity contribution in [3.63, 3.8) is 0 Å². The van der Waals surface area contributed by atoms with Crippen LogP contribution in [0.2, 0.25) is 0 Å². The number of halogens is 1. The van der Waals surface area contributed by atoms with Gasteiger partial charge in [-0.05, 0) is 24.6 Å². The van der Waals surface area contributed by atoms with Gasteiger partial charge in [0.1, 0.15) is 11.7 Å². The van der Waals surface area contributed by atoms with E-state index in [1.165, 1.54) is 24.3 Å². The van der Waals surface area contributed by atoms with Crippen molar-refractivity contribution in [2.24, 2.45) is 0 Å². The lowest BCUT2D eigenvalue weighted by atomic mass is 9.80. The zero-order valence-electron chi connectivity index (χ0n) is 14.8. The van der Waals surface area contributed by atoms with E-state index in [4.69, 9.17) is 19.0 Å². The molecule has 1 spiro atoms. The second kappa shape index (κ2) is 7.59. The smallest absolute Gasteiger partial charge is 0.454 e. The van der Waals surface area contributed by atoms with E-state index < -0.39 is 35.6 Å². The summed E-state index contributed by atoms with van der Waals surface area (Å²) in [5.74, 6) is -1.73. The molecule has 2 aliphatic heterocycles. The second-order valence-corrected chi connectivity index (χ2v) is 6.35. The van der Waals surface area contributed by atoms with Crippen LogP contribution in [0.1, 0.15) is 31.2 Å². The predicted octanol–water partition coefficient (Wildman–Crippen LogP) is 2.40. The number of carbonyl (C=O) groups excluding carboxylic acids is 2. The number of rotatable bonds is 4. The summed E-state index contributed by atoms with van der Waals surface area (Å²) in [6.07, 6.45) is -0.794. The quantitative estimate of drug-likeness (QED) is 0.757. The highest BCUT2D eigenvalue weighted by Gasteiger charge is 2.59. The normalized spacial score (nSPS) is 25.1. The van der Waals surface area contributed by atoms with E-state index in [2.05, 4.69) is 0 Å². The van der Waals surface area contributed by atoms with E-state index in [-0.39, 0.29) is 6.61 Å². The van der Waals surface area contributed by atoms with Crippen molar-refractivity contribution in [2.45, 2.75) is 37.4 Å². The van der Waals surface area contributed by atoms with Gasteiger partial charge in [-0.1, -0.05) is 12.1 Å². The molecular formula is C18H22FNO6. The van der Waals surface area contributed by atoms with Crippen LogP contribution < -0.4 is 0 Å². The minimum absolute atomic E-state index is 0.159. The average molecular weight is 367 g/mol. The summed E-state index contributed by atoms with van der Waals surface area (Å²) < 4.78 is 29.4. The minimum atomic E-state index is -0.947. The Morgan fingerprint density at radius 3 is 2.54 bits per heavy atom. The van der Waals surface area contributed by atoms with Gasteiger partial charge in [0.25, 0.3) is 0 Å². The molecule has 2 fully saturated rings. The fraction of sp³-hybridized carbons (Fsp3) is 0.556. The topological polar surface area (TPSA) is 74.3 Å². The van der Waals surface area contributed by atoms with E-state index >= 15 is 0 Å². The predicted molar refractivity (Wildman–Crippen MR) is 87.7 cm³/mol. The molecule has 8 heteroatoms. The molecule has 0 radical (unpaired) electrons. The lowest BCUT2D eigenvalue weighted by molar-refractivity contribution is -0.193. The average Bonchev–Trinajstić information content (AvgIpc) is 2.88. The number of nitrogens with zero attached hydrogens (tertiary/aromatic N) is 1. The number of hydroxylamine groups is 2. The summed E-state index contributed by atoms with van der Waals surface area (Å²) in [6.45, 7) is 2.89. The number of hydrogen-bond donors (Lipinski definition) is 0. The first-order chi connectivity index (χ1) is 12.5. The fourth-order valence-corrected chi connectivity index (χ4v) is 3.60. The zero-order valence-corrected chi connectivity index (χ0v) is 14.8. The Bertz CT molecular complexity index is 656. The molecule has 2 heterocycles. The molecular weight excluding hydrogens is 345 g/mol. The summed E-state index contributed by atoms with van der Waals surface area (Å²) in [4.78, 5) is 29.8. The van der Waals surface area contributed by atoms with E-state index in [1.54, 1.807) is 19.1 Å². The van der Waals surface area contributed by atoms with Crippen LogP contribution in [0.3, 0.4) is 0 Å². The summed E-state index contributed by atoms with van der Waals surface area (Å²) in [5, 5.41) is 1.76. The lowest BCUT2D eigenvalue weighted by Gasteiger charge is -2.39. The lowest BCUT2D eigenvalue weighted by Crippen LogP contribution is -2.51. The SMILES string of the molecule is CCOC(=O)OC1C(c2ccc(F)cc2)C(=O)OC12CCN(OC)CC2. The van der Waals surface area contributed by atoms with Gasteiger partial charge in [0, 0.05) is 25.9 Å². The molecule has 1 aromatic rings. The van der Waals surface area contributed by atoms with Crippen molar-refractivity contribution in [3.05, 3.63) is 35.6 Å². The van der Waals surface area contributed by atoms with Crippen molar-refractivity contribution >= 4 is 12.1 Å². The van der Waals surface area contributed by atoms with Gasteiger partial charge in [-0.2, -0.15) is 5.06 Å². The maximum absolute atomic E-state index is 13.3. The molecule has 0 N–H and O–H groups in total. The van der Waals surface area contributed by atoms with Crippen molar-refractivity contribution < 1.29 is 33.0 Å². The first-order valence-corrected chi connectivity index (χ1v) is 8.60. The Morgan fingerprint density at radius 1 is 1.31 bits per heavy atom. The van der Waals surface area contributed by atoms with Crippen LogP contribution in [-0.2, 0) is 23.8 Å². The van der Waals surface area contributed by atoms with E-state index in [1.807, 2.05) is 0 Å². The molecule has 2 atom stereocenters. The van der Waals surface area contributed by atoms with Crippen molar-refractivity contribution in [3.8, 4) is 0 Å². The van der Waals surface area contributed by atoms with Gasteiger partial charge in [-0.15, -0.1) is 0 Å². The maximum atomic E-state index is 13.3. The van der Waals surface area contributed by atoms with E-state index in [9.17, 15) is 14.0 Å². The summed E-state index contributed by atoms with van der Waals surface area (Å²) in [5.41, 5.74) is -0.408. The number of benzene rings is 1. The Hall–Kier alpha value is -2.19. The van der Waals surface area contributed by atoms with Gasteiger partial charge >= 0.3 is 12.1 Å². The molecule has 142 valence electrons. The third kappa shape index (κ3) is 3.52. The van der Waals surface area contributed by atoms with E-state index in [0.717, 1.165) is 0 Å². The van der Waals surface area contributed by atoms with Crippen LogP contribution in [0.5, 0.6) is 0 Å². The Morgan fingerprint density at radius 2 is 1.96 bits per heavy atom. The molecule has 2 unspecified atom stereocenters. The number of hydrogen-bond acceptors (Lipinski definition) is 7. The molecule has 2 saturated heterocycles.